The SMILES string of the molecule is Cc1cc(C)nc(NCCCC(=O)Nc2ccc(Cl)c(Cl)c2)n1. The van der Waals surface area contributed by atoms with E-state index in [1.54, 1.807) is 18.2 Å². The second-order valence-corrected chi connectivity index (χ2v) is 6.00. The van der Waals surface area contributed by atoms with E-state index >= 15 is 0 Å². The number of hydrogen-bond acceptors (Lipinski definition) is 4. The molecule has 0 bridgehead atoms. The van der Waals surface area contributed by atoms with Crippen LogP contribution in [0.25, 0.3) is 0 Å². The number of halogens is 2. The molecule has 0 unspecified atom stereocenters. The van der Waals surface area contributed by atoms with Crippen molar-refractivity contribution in [3.05, 3.63) is 45.7 Å². The fourth-order valence-electron chi connectivity index (χ4n) is 2.05. The number of carbonyl (C=O) groups is 1. The van der Waals surface area contributed by atoms with Crippen LogP contribution in [0, 0.1) is 13.8 Å². The molecule has 2 N–H and O–H groups in total. The summed E-state index contributed by atoms with van der Waals surface area (Å²) in [6, 6.07) is 6.91. The van der Waals surface area contributed by atoms with Crippen LogP contribution < -0.4 is 10.6 Å². The lowest BCUT2D eigenvalue weighted by atomic mass is 10.2. The summed E-state index contributed by atoms with van der Waals surface area (Å²) in [4.78, 5) is 20.5. The predicted molar refractivity (Wildman–Crippen MR) is 94.3 cm³/mol. The first-order valence-corrected chi connectivity index (χ1v) is 8.00. The van der Waals surface area contributed by atoms with Crippen LogP contribution >= 0.6 is 23.2 Å². The van der Waals surface area contributed by atoms with Gasteiger partial charge in [0.2, 0.25) is 11.9 Å². The predicted octanol–water partition coefficient (Wildman–Crippen LogP) is 4.23. The van der Waals surface area contributed by atoms with Gasteiger partial charge < -0.3 is 10.6 Å². The van der Waals surface area contributed by atoms with E-state index in [0.717, 1.165) is 11.4 Å². The molecule has 122 valence electrons. The second-order valence-electron chi connectivity index (χ2n) is 5.18. The number of hydrogen-bond donors (Lipinski definition) is 2. The van der Waals surface area contributed by atoms with Crippen LogP contribution in [0.15, 0.2) is 24.3 Å². The molecule has 1 amide bonds. The van der Waals surface area contributed by atoms with Crippen molar-refractivity contribution < 1.29 is 4.79 Å². The summed E-state index contributed by atoms with van der Waals surface area (Å²) in [7, 11) is 0. The van der Waals surface area contributed by atoms with E-state index in [-0.39, 0.29) is 5.91 Å². The first-order chi connectivity index (χ1) is 10.9. The van der Waals surface area contributed by atoms with Crippen LogP contribution in [-0.4, -0.2) is 22.4 Å². The molecule has 0 atom stereocenters. The number of aryl methyl sites for hydroxylation is 2. The van der Waals surface area contributed by atoms with E-state index in [0.29, 0.717) is 41.1 Å². The fraction of sp³-hybridized carbons (Fsp3) is 0.312. The molecule has 0 spiro atoms. The molecule has 0 aliphatic rings. The van der Waals surface area contributed by atoms with E-state index in [4.69, 9.17) is 23.2 Å². The maximum absolute atomic E-state index is 11.9. The third-order valence-corrected chi connectivity index (χ3v) is 3.79. The van der Waals surface area contributed by atoms with Crippen molar-refractivity contribution in [1.29, 1.82) is 0 Å². The minimum Gasteiger partial charge on any atom is -0.354 e. The highest BCUT2D eigenvalue weighted by atomic mass is 35.5. The van der Waals surface area contributed by atoms with Crippen LogP contribution in [0.2, 0.25) is 10.0 Å². The maximum atomic E-state index is 11.9. The molecule has 0 saturated carbocycles. The van der Waals surface area contributed by atoms with Gasteiger partial charge in [-0.2, -0.15) is 0 Å². The topological polar surface area (TPSA) is 66.9 Å². The third-order valence-electron chi connectivity index (χ3n) is 3.05. The van der Waals surface area contributed by atoms with Gasteiger partial charge in [0.25, 0.3) is 0 Å². The highest BCUT2D eigenvalue weighted by molar-refractivity contribution is 6.42. The molecule has 7 heteroatoms. The lowest BCUT2D eigenvalue weighted by Gasteiger charge is -2.08. The zero-order valence-electron chi connectivity index (χ0n) is 13.0. The zero-order chi connectivity index (χ0) is 16.8. The van der Waals surface area contributed by atoms with Crippen molar-refractivity contribution in [2.75, 3.05) is 17.2 Å². The minimum atomic E-state index is -0.0773. The van der Waals surface area contributed by atoms with Gasteiger partial charge in [-0.25, -0.2) is 9.97 Å². The Morgan fingerprint density at radius 1 is 1.09 bits per heavy atom. The van der Waals surface area contributed by atoms with E-state index in [1.807, 2.05) is 19.9 Å². The molecule has 0 saturated heterocycles. The van der Waals surface area contributed by atoms with Crippen LogP contribution in [0.1, 0.15) is 24.2 Å². The van der Waals surface area contributed by atoms with Gasteiger partial charge in [-0.3, -0.25) is 4.79 Å². The Morgan fingerprint density at radius 3 is 2.43 bits per heavy atom. The molecule has 0 aliphatic carbocycles. The summed E-state index contributed by atoms with van der Waals surface area (Å²) in [6.07, 6.45) is 1.06. The molecule has 1 aromatic carbocycles. The summed E-state index contributed by atoms with van der Waals surface area (Å²) in [5, 5.41) is 6.78. The molecular formula is C16H18Cl2N4O. The third kappa shape index (κ3) is 5.69. The number of carbonyl (C=O) groups excluding carboxylic acids is 1. The van der Waals surface area contributed by atoms with E-state index in [2.05, 4.69) is 20.6 Å². The quantitative estimate of drug-likeness (QED) is 0.763. The Bertz CT molecular complexity index is 686. The van der Waals surface area contributed by atoms with Crippen molar-refractivity contribution in [2.24, 2.45) is 0 Å². The molecule has 2 aromatic rings. The van der Waals surface area contributed by atoms with Gasteiger partial charge in [0.15, 0.2) is 0 Å². The zero-order valence-corrected chi connectivity index (χ0v) is 14.5. The molecular weight excluding hydrogens is 335 g/mol. The van der Waals surface area contributed by atoms with Crippen LogP contribution in [0.4, 0.5) is 11.6 Å². The molecule has 1 heterocycles. The summed E-state index contributed by atoms with van der Waals surface area (Å²) in [6.45, 7) is 4.47. The van der Waals surface area contributed by atoms with Crippen molar-refractivity contribution in [2.45, 2.75) is 26.7 Å². The molecule has 23 heavy (non-hydrogen) atoms. The van der Waals surface area contributed by atoms with Crippen molar-refractivity contribution in [3.8, 4) is 0 Å². The Balaban J connectivity index is 1.75. The highest BCUT2D eigenvalue weighted by Gasteiger charge is 2.05. The monoisotopic (exact) mass is 352 g/mol. The molecule has 2 rings (SSSR count). The van der Waals surface area contributed by atoms with Crippen LogP contribution in [0.3, 0.4) is 0 Å². The summed E-state index contributed by atoms with van der Waals surface area (Å²) in [5.74, 6) is 0.513. The summed E-state index contributed by atoms with van der Waals surface area (Å²) < 4.78 is 0. The standard InChI is InChI=1S/C16H18Cl2N4O/c1-10-8-11(2)21-16(20-10)19-7-3-4-15(23)22-12-5-6-13(17)14(18)9-12/h5-6,8-9H,3-4,7H2,1-2H3,(H,22,23)(H,19,20,21). The van der Waals surface area contributed by atoms with E-state index in [9.17, 15) is 4.79 Å². The normalized spacial score (nSPS) is 10.4. The maximum Gasteiger partial charge on any atom is 0.224 e. The van der Waals surface area contributed by atoms with E-state index in [1.165, 1.54) is 0 Å². The first kappa shape index (κ1) is 17.5. The summed E-state index contributed by atoms with van der Waals surface area (Å²) in [5.41, 5.74) is 2.46. The highest BCUT2D eigenvalue weighted by Crippen LogP contribution is 2.25. The average Bonchev–Trinajstić information content (AvgIpc) is 2.46. The van der Waals surface area contributed by atoms with Gasteiger partial charge in [-0.05, 0) is 44.5 Å². The number of nitrogens with zero attached hydrogens (tertiary/aromatic N) is 2. The Labute approximate surface area is 145 Å². The van der Waals surface area contributed by atoms with Crippen molar-refractivity contribution in [3.63, 3.8) is 0 Å². The molecule has 0 fully saturated rings. The van der Waals surface area contributed by atoms with E-state index < -0.39 is 0 Å². The van der Waals surface area contributed by atoms with Crippen molar-refractivity contribution >= 4 is 40.7 Å². The van der Waals surface area contributed by atoms with Crippen molar-refractivity contribution in [1.82, 2.24) is 9.97 Å². The summed E-state index contributed by atoms with van der Waals surface area (Å²) >= 11 is 11.7. The van der Waals surface area contributed by atoms with Gasteiger partial charge in [0.05, 0.1) is 10.0 Å². The lowest BCUT2D eigenvalue weighted by Crippen LogP contribution is -2.14. The fourth-order valence-corrected chi connectivity index (χ4v) is 2.35. The molecule has 1 aromatic heterocycles. The number of anilines is 2. The Kier molecular flexibility index (Phi) is 6.19. The van der Waals surface area contributed by atoms with Gasteiger partial charge in [0, 0.05) is 30.0 Å². The minimum absolute atomic E-state index is 0.0773. The molecule has 0 aliphatic heterocycles. The number of nitrogens with one attached hydrogen (secondary N) is 2. The van der Waals surface area contributed by atoms with Gasteiger partial charge in [-0.1, -0.05) is 23.2 Å². The molecule has 0 radical (unpaired) electrons. The average molecular weight is 353 g/mol. The number of aromatic nitrogens is 2. The number of benzene rings is 1. The van der Waals surface area contributed by atoms with Crippen LogP contribution in [-0.2, 0) is 4.79 Å². The van der Waals surface area contributed by atoms with Crippen LogP contribution in [0.5, 0.6) is 0 Å². The number of amides is 1. The molecule has 5 nitrogen and oxygen atoms in total. The smallest absolute Gasteiger partial charge is 0.224 e. The van der Waals surface area contributed by atoms with Gasteiger partial charge in [-0.15, -0.1) is 0 Å². The second kappa shape index (κ2) is 8.13. The first-order valence-electron chi connectivity index (χ1n) is 7.25. The largest absolute Gasteiger partial charge is 0.354 e. The Morgan fingerprint density at radius 2 is 1.78 bits per heavy atom. The number of rotatable bonds is 6. The van der Waals surface area contributed by atoms with Gasteiger partial charge >= 0.3 is 0 Å². The van der Waals surface area contributed by atoms with Gasteiger partial charge in [0.1, 0.15) is 0 Å². The Hall–Kier alpha value is -1.85. The lowest BCUT2D eigenvalue weighted by molar-refractivity contribution is -0.116.